The smallest absolute Gasteiger partial charge is 0.317 e. The third kappa shape index (κ3) is 4.37. The zero-order chi connectivity index (χ0) is 13.7. The summed E-state index contributed by atoms with van der Waals surface area (Å²) in [6, 6.07) is 0.686. The van der Waals surface area contributed by atoms with E-state index in [1.54, 1.807) is 0 Å². The standard InChI is InChI=1S/C15H28N2O2/c1-12(18)11-14-9-3-2-6-10-17(14)15(19)16-13-7-4-5-8-13/h12-14,18H,2-11H2,1H3,(H,16,19). The third-order valence-electron chi connectivity index (χ3n) is 4.43. The molecule has 2 N–H and O–H groups in total. The molecular formula is C15H28N2O2. The second-order valence-corrected chi connectivity index (χ2v) is 6.21. The average Bonchev–Trinajstić information content (AvgIpc) is 2.74. The van der Waals surface area contributed by atoms with Crippen LogP contribution in [0.25, 0.3) is 0 Å². The van der Waals surface area contributed by atoms with Crippen molar-refractivity contribution >= 4 is 6.03 Å². The lowest BCUT2D eigenvalue weighted by atomic mass is 10.0. The second kappa shape index (κ2) is 7.13. The maximum atomic E-state index is 12.4. The fourth-order valence-corrected chi connectivity index (χ4v) is 3.41. The summed E-state index contributed by atoms with van der Waals surface area (Å²) in [5, 5.41) is 12.8. The van der Waals surface area contributed by atoms with Gasteiger partial charge in [0.15, 0.2) is 0 Å². The van der Waals surface area contributed by atoms with Crippen molar-refractivity contribution in [3.8, 4) is 0 Å². The number of rotatable bonds is 3. The first-order valence-corrected chi connectivity index (χ1v) is 7.92. The van der Waals surface area contributed by atoms with Gasteiger partial charge in [-0.05, 0) is 39.0 Å². The van der Waals surface area contributed by atoms with E-state index in [0.717, 1.165) is 32.2 Å². The van der Waals surface area contributed by atoms with E-state index in [2.05, 4.69) is 5.32 Å². The van der Waals surface area contributed by atoms with E-state index in [0.29, 0.717) is 12.5 Å². The lowest BCUT2D eigenvalue weighted by molar-refractivity contribution is 0.121. The Morgan fingerprint density at radius 3 is 2.58 bits per heavy atom. The van der Waals surface area contributed by atoms with Crippen LogP contribution in [0.2, 0.25) is 0 Å². The van der Waals surface area contributed by atoms with E-state index in [1.165, 1.54) is 25.7 Å². The molecule has 2 rings (SSSR count). The predicted octanol–water partition coefficient (Wildman–Crippen LogP) is 2.65. The molecule has 4 nitrogen and oxygen atoms in total. The number of aliphatic hydroxyl groups excluding tert-OH is 1. The van der Waals surface area contributed by atoms with Crippen LogP contribution >= 0.6 is 0 Å². The molecule has 4 heteroatoms. The van der Waals surface area contributed by atoms with Crippen molar-refractivity contribution in [1.29, 1.82) is 0 Å². The molecule has 0 aromatic rings. The van der Waals surface area contributed by atoms with Gasteiger partial charge in [-0.3, -0.25) is 0 Å². The van der Waals surface area contributed by atoms with Gasteiger partial charge in [-0.1, -0.05) is 25.7 Å². The van der Waals surface area contributed by atoms with Crippen molar-refractivity contribution in [2.75, 3.05) is 6.54 Å². The number of likely N-dealkylation sites (tertiary alicyclic amines) is 1. The van der Waals surface area contributed by atoms with Gasteiger partial charge < -0.3 is 15.3 Å². The summed E-state index contributed by atoms with van der Waals surface area (Å²) in [6.07, 6.45) is 9.60. The molecular weight excluding hydrogens is 240 g/mol. The molecule has 1 aliphatic heterocycles. The Kier molecular flexibility index (Phi) is 5.49. The number of amides is 2. The molecule has 2 amide bonds. The van der Waals surface area contributed by atoms with Crippen LogP contribution in [0.15, 0.2) is 0 Å². The van der Waals surface area contributed by atoms with E-state index in [-0.39, 0.29) is 18.2 Å². The minimum Gasteiger partial charge on any atom is -0.393 e. The highest BCUT2D eigenvalue weighted by atomic mass is 16.3. The highest BCUT2D eigenvalue weighted by Crippen LogP contribution is 2.22. The number of carbonyl (C=O) groups is 1. The minimum absolute atomic E-state index is 0.0967. The van der Waals surface area contributed by atoms with Gasteiger partial charge in [0, 0.05) is 18.6 Å². The van der Waals surface area contributed by atoms with Gasteiger partial charge in [0.25, 0.3) is 0 Å². The molecule has 1 saturated heterocycles. The zero-order valence-electron chi connectivity index (χ0n) is 12.1. The number of hydrogen-bond acceptors (Lipinski definition) is 2. The number of nitrogens with zero attached hydrogens (tertiary/aromatic N) is 1. The van der Waals surface area contributed by atoms with Gasteiger partial charge in [-0.2, -0.15) is 0 Å². The fourth-order valence-electron chi connectivity index (χ4n) is 3.41. The van der Waals surface area contributed by atoms with Gasteiger partial charge in [0.1, 0.15) is 0 Å². The maximum absolute atomic E-state index is 12.4. The normalized spacial score (nSPS) is 27.1. The van der Waals surface area contributed by atoms with E-state index < -0.39 is 0 Å². The number of aliphatic hydroxyl groups is 1. The largest absolute Gasteiger partial charge is 0.393 e. The summed E-state index contributed by atoms with van der Waals surface area (Å²) in [5.41, 5.74) is 0. The average molecular weight is 268 g/mol. The quantitative estimate of drug-likeness (QED) is 0.827. The summed E-state index contributed by atoms with van der Waals surface area (Å²) < 4.78 is 0. The van der Waals surface area contributed by atoms with Gasteiger partial charge in [-0.15, -0.1) is 0 Å². The third-order valence-corrected chi connectivity index (χ3v) is 4.43. The van der Waals surface area contributed by atoms with Gasteiger partial charge in [0.05, 0.1) is 6.10 Å². The molecule has 1 aliphatic carbocycles. The van der Waals surface area contributed by atoms with Crippen LogP contribution in [0.5, 0.6) is 0 Å². The van der Waals surface area contributed by atoms with Crippen LogP contribution < -0.4 is 5.32 Å². The first-order chi connectivity index (χ1) is 9.16. The summed E-state index contributed by atoms with van der Waals surface area (Å²) in [5.74, 6) is 0. The summed E-state index contributed by atoms with van der Waals surface area (Å²) in [4.78, 5) is 14.4. The summed E-state index contributed by atoms with van der Waals surface area (Å²) in [7, 11) is 0. The topological polar surface area (TPSA) is 52.6 Å². The maximum Gasteiger partial charge on any atom is 0.317 e. The molecule has 0 spiro atoms. The van der Waals surface area contributed by atoms with E-state index in [9.17, 15) is 9.90 Å². The molecule has 19 heavy (non-hydrogen) atoms. The molecule has 2 aliphatic rings. The SMILES string of the molecule is CC(O)CC1CCCCCN1C(=O)NC1CCCC1. The first kappa shape index (κ1) is 14.6. The van der Waals surface area contributed by atoms with Crippen LogP contribution in [-0.2, 0) is 0 Å². The second-order valence-electron chi connectivity index (χ2n) is 6.21. The van der Waals surface area contributed by atoms with Crippen molar-refractivity contribution < 1.29 is 9.90 Å². The molecule has 0 aromatic carbocycles. The Morgan fingerprint density at radius 2 is 1.89 bits per heavy atom. The molecule has 2 unspecified atom stereocenters. The van der Waals surface area contributed by atoms with Crippen LogP contribution in [0, 0.1) is 0 Å². The van der Waals surface area contributed by atoms with Crippen molar-refractivity contribution in [2.24, 2.45) is 0 Å². The van der Waals surface area contributed by atoms with Gasteiger partial charge >= 0.3 is 6.03 Å². The monoisotopic (exact) mass is 268 g/mol. The van der Waals surface area contributed by atoms with Crippen LogP contribution in [0.4, 0.5) is 4.79 Å². The number of urea groups is 1. The van der Waals surface area contributed by atoms with Crippen LogP contribution in [0.1, 0.15) is 64.7 Å². The lowest BCUT2D eigenvalue weighted by Crippen LogP contribution is -2.49. The molecule has 1 saturated carbocycles. The predicted molar refractivity (Wildman–Crippen MR) is 76.0 cm³/mol. The Morgan fingerprint density at radius 1 is 1.21 bits per heavy atom. The van der Waals surface area contributed by atoms with E-state index >= 15 is 0 Å². The minimum atomic E-state index is -0.329. The van der Waals surface area contributed by atoms with Crippen LogP contribution in [0.3, 0.4) is 0 Å². The highest BCUT2D eigenvalue weighted by molar-refractivity contribution is 5.75. The fraction of sp³-hybridized carbons (Fsp3) is 0.933. The summed E-state index contributed by atoms with van der Waals surface area (Å²) >= 11 is 0. The molecule has 1 heterocycles. The Bertz CT molecular complexity index is 288. The molecule has 2 atom stereocenters. The van der Waals surface area contributed by atoms with Crippen molar-refractivity contribution in [3.63, 3.8) is 0 Å². The van der Waals surface area contributed by atoms with Gasteiger partial charge in [0.2, 0.25) is 0 Å². The summed E-state index contributed by atoms with van der Waals surface area (Å²) in [6.45, 7) is 2.66. The van der Waals surface area contributed by atoms with E-state index in [1.807, 2.05) is 11.8 Å². The molecule has 110 valence electrons. The van der Waals surface area contributed by atoms with Crippen molar-refractivity contribution in [3.05, 3.63) is 0 Å². The molecule has 0 aromatic heterocycles. The Labute approximate surface area is 116 Å². The van der Waals surface area contributed by atoms with E-state index in [4.69, 9.17) is 0 Å². The number of nitrogens with one attached hydrogen (secondary N) is 1. The Hall–Kier alpha value is -0.770. The zero-order valence-corrected chi connectivity index (χ0v) is 12.1. The first-order valence-electron chi connectivity index (χ1n) is 7.92. The van der Waals surface area contributed by atoms with Gasteiger partial charge in [-0.25, -0.2) is 4.79 Å². The Balaban J connectivity index is 1.93. The van der Waals surface area contributed by atoms with Crippen molar-refractivity contribution in [2.45, 2.75) is 82.9 Å². The van der Waals surface area contributed by atoms with Crippen LogP contribution in [-0.4, -0.2) is 40.8 Å². The molecule has 2 fully saturated rings. The molecule has 0 radical (unpaired) electrons. The molecule has 0 bridgehead atoms. The van der Waals surface area contributed by atoms with Crippen molar-refractivity contribution in [1.82, 2.24) is 10.2 Å². The lowest BCUT2D eigenvalue weighted by Gasteiger charge is -2.32. The number of hydrogen-bond donors (Lipinski definition) is 2. The highest BCUT2D eigenvalue weighted by Gasteiger charge is 2.28. The number of carbonyl (C=O) groups excluding carboxylic acids is 1.